The van der Waals surface area contributed by atoms with Crippen LogP contribution in [0, 0.1) is 17.8 Å². The zero-order valence-electron chi connectivity index (χ0n) is 37.0. The lowest BCUT2D eigenvalue weighted by Crippen LogP contribution is -2.58. The number of hydrogen-bond donors (Lipinski definition) is 5. The second-order valence-corrected chi connectivity index (χ2v) is 16.3. The number of nitrogens with one attached hydrogen (secondary N) is 4. The summed E-state index contributed by atoms with van der Waals surface area (Å²) in [6.07, 6.45) is 1.82. The van der Waals surface area contributed by atoms with Crippen molar-refractivity contribution in [3.05, 3.63) is 59.2 Å². The predicted molar refractivity (Wildman–Crippen MR) is 225 cm³/mol. The maximum absolute atomic E-state index is 14.1. The minimum absolute atomic E-state index is 0.0189. The molecule has 15 heteroatoms. The van der Waals surface area contributed by atoms with Gasteiger partial charge in [-0.25, -0.2) is 4.79 Å². The lowest BCUT2D eigenvalue weighted by atomic mass is 9.88. The molecule has 1 heterocycles. The van der Waals surface area contributed by atoms with Crippen molar-refractivity contribution >= 4 is 41.4 Å². The standard InChI is InChI=1S/C44H68N6O9/c1-13-26(5)37-29(8)34(51)21-20-28(7)44(58)59-35(22-25(3)4)40(54)46-31(10)42(56)50(12)33(23-32-18-16-15-17-19-32)43(57)49(11)24-36(52)47-38(27(6)14-2)41(55)45-30(9)39(53)48-37/h13,15-20,25,27,29-31,33-35,37-38,51H,14,21-24H2,1-12H3,(H,45,55)(H,46,54)(H,47,52)(H,48,53)/b26-13+,28-20+/t27?,29-,30+,31-,33+,34+,35+,37+,38-/m0/s1. The van der Waals surface area contributed by atoms with E-state index in [-0.39, 0.29) is 36.7 Å². The van der Waals surface area contributed by atoms with Gasteiger partial charge in [0.15, 0.2) is 6.10 Å². The highest BCUT2D eigenvalue weighted by atomic mass is 16.5. The van der Waals surface area contributed by atoms with Crippen molar-refractivity contribution in [1.82, 2.24) is 31.1 Å². The molecule has 1 aliphatic heterocycles. The first-order valence-corrected chi connectivity index (χ1v) is 20.6. The molecule has 0 aromatic heterocycles. The second-order valence-electron chi connectivity index (χ2n) is 16.3. The third kappa shape index (κ3) is 14.9. The fourth-order valence-electron chi connectivity index (χ4n) is 6.69. The lowest BCUT2D eigenvalue weighted by molar-refractivity contribution is -0.154. The van der Waals surface area contributed by atoms with Crippen LogP contribution in [0.2, 0.25) is 0 Å². The Labute approximate surface area is 350 Å². The molecule has 328 valence electrons. The number of hydrogen-bond acceptors (Lipinski definition) is 9. The van der Waals surface area contributed by atoms with Gasteiger partial charge in [0.05, 0.1) is 18.7 Å². The first-order chi connectivity index (χ1) is 27.6. The molecular weight excluding hydrogens is 757 g/mol. The van der Waals surface area contributed by atoms with Crippen molar-refractivity contribution in [3.8, 4) is 0 Å². The molecule has 15 nitrogen and oxygen atoms in total. The van der Waals surface area contributed by atoms with E-state index in [1.54, 1.807) is 58.0 Å². The number of aliphatic hydroxyl groups excluding tert-OH is 1. The molecule has 2 rings (SSSR count). The van der Waals surface area contributed by atoms with Crippen LogP contribution in [-0.2, 0) is 44.7 Å². The lowest BCUT2D eigenvalue weighted by Gasteiger charge is -2.33. The first kappa shape index (κ1) is 50.1. The minimum atomic E-state index is -1.25. The van der Waals surface area contributed by atoms with Gasteiger partial charge >= 0.3 is 5.97 Å². The number of rotatable bonds is 7. The molecule has 9 atom stereocenters. The first-order valence-electron chi connectivity index (χ1n) is 20.6. The van der Waals surface area contributed by atoms with E-state index < -0.39 is 96.3 Å². The number of carbonyl (C=O) groups excluding carboxylic acids is 7. The number of allylic oxidation sites excluding steroid dienone is 1. The Morgan fingerprint density at radius 1 is 0.881 bits per heavy atom. The molecule has 1 aliphatic rings. The number of benzene rings is 1. The highest BCUT2D eigenvalue weighted by Crippen LogP contribution is 2.21. The Balaban J connectivity index is 2.62. The number of cyclic esters (lactones) is 1. The van der Waals surface area contributed by atoms with Gasteiger partial charge in [0.1, 0.15) is 24.2 Å². The Kier molecular flexibility index (Phi) is 20.0. The summed E-state index contributed by atoms with van der Waals surface area (Å²) in [5.74, 6) is -5.35. The highest BCUT2D eigenvalue weighted by Gasteiger charge is 2.36. The number of aliphatic hydroxyl groups is 1. The molecule has 59 heavy (non-hydrogen) atoms. The Morgan fingerprint density at radius 3 is 2.07 bits per heavy atom. The van der Waals surface area contributed by atoms with Crippen LogP contribution in [0.4, 0.5) is 0 Å². The van der Waals surface area contributed by atoms with Crippen molar-refractivity contribution < 1.29 is 43.4 Å². The van der Waals surface area contributed by atoms with Gasteiger partial charge in [0.25, 0.3) is 5.91 Å². The maximum Gasteiger partial charge on any atom is 0.334 e. The molecule has 0 fully saturated rings. The zero-order chi connectivity index (χ0) is 44.7. The normalized spacial score (nSPS) is 28.8. The van der Waals surface area contributed by atoms with E-state index in [1.807, 2.05) is 26.8 Å². The van der Waals surface area contributed by atoms with Crippen LogP contribution in [0.1, 0.15) is 94.1 Å². The molecule has 1 aromatic carbocycles. The summed E-state index contributed by atoms with van der Waals surface area (Å²) in [5.41, 5.74) is 1.65. The molecule has 0 bridgehead atoms. The molecule has 0 saturated carbocycles. The summed E-state index contributed by atoms with van der Waals surface area (Å²) in [7, 11) is 2.86. The van der Waals surface area contributed by atoms with Crippen LogP contribution < -0.4 is 21.3 Å². The summed E-state index contributed by atoms with van der Waals surface area (Å²) in [5, 5.41) is 22.3. The van der Waals surface area contributed by atoms with Gasteiger partial charge in [0.2, 0.25) is 29.5 Å². The topological polar surface area (TPSA) is 204 Å². The largest absolute Gasteiger partial charge is 0.449 e. The van der Waals surface area contributed by atoms with Crippen molar-refractivity contribution in [2.45, 2.75) is 137 Å². The van der Waals surface area contributed by atoms with Gasteiger partial charge in [0, 0.05) is 32.0 Å². The molecule has 0 radical (unpaired) electrons. The van der Waals surface area contributed by atoms with E-state index in [2.05, 4.69) is 21.3 Å². The molecule has 0 saturated heterocycles. The molecule has 0 spiro atoms. The third-order valence-corrected chi connectivity index (χ3v) is 11.0. The Morgan fingerprint density at radius 2 is 1.49 bits per heavy atom. The fourth-order valence-corrected chi connectivity index (χ4v) is 6.69. The smallest absolute Gasteiger partial charge is 0.334 e. The monoisotopic (exact) mass is 825 g/mol. The number of esters is 1. The van der Waals surface area contributed by atoms with Crippen LogP contribution in [0.25, 0.3) is 0 Å². The van der Waals surface area contributed by atoms with Crippen LogP contribution in [-0.4, -0.2) is 119 Å². The number of amides is 6. The number of nitrogens with zero attached hydrogens (tertiary/aromatic N) is 2. The van der Waals surface area contributed by atoms with Crippen molar-refractivity contribution in [1.29, 1.82) is 0 Å². The van der Waals surface area contributed by atoms with Crippen LogP contribution in [0.5, 0.6) is 0 Å². The highest BCUT2D eigenvalue weighted by molar-refractivity contribution is 5.96. The van der Waals surface area contributed by atoms with E-state index in [0.29, 0.717) is 6.42 Å². The predicted octanol–water partition coefficient (Wildman–Crippen LogP) is 2.81. The van der Waals surface area contributed by atoms with Crippen LogP contribution in [0.15, 0.2) is 53.6 Å². The summed E-state index contributed by atoms with van der Waals surface area (Å²) < 4.78 is 5.68. The van der Waals surface area contributed by atoms with E-state index in [0.717, 1.165) is 11.1 Å². The molecule has 1 aromatic rings. The van der Waals surface area contributed by atoms with Gasteiger partial charge in [-0.2, -0.15) is 0 Å². The maximum atomic E-state index is 14.1. The van der Waals surface area contributed by atoms with E-state index in [9.17, 15) is 38.7 Å². The van der Waals surface area contributed by atoms with Crippen LogP contribution >= 0.6 is 0 Å². The summed E-state index contributed by atoms with van der Waals surface area (Å²) in [6.45, 7) is 16.8. The molecule has 1 unspecified atom stereocenters. The summed E-state index contributed by atoms with van der Waals surface area (Å²) in [6, 6.07) is 4.06. The van der Waals surface area contributed by atoms with Crippen molar-refractivity contribution in [3.63, 3.8) is 0 Å². The second kappa shape index (κ2) is 23.5. The van der Waals surface area contributed by atoms with Gasteiger partial charge in [-0.05, 0) is 64.9 Å². The average molecular weight is 825 g/mol. The minimum Gasteiger partial charge on any atom is -0.449 e. The van der Waals surface area contributed by atoms with Crippen molar-refractivity contribution in [2.24, 2.45) is 17.8 Å². The zero-order valence-corrected chi connectivity index (χ0v) is 37.0. The van der Waals surface area contributed by atoms with E-state index >= 15 is 0 Å². The van der Waals surface area contributed by atoms with Crippen molar-refractivity contribution in [2.75, 3.05) is 20.6 Å². The van der Waals surface area contributed by atoms with Crippen LogP contribution in [0.3, 0.4) is 0 Å². The SMILES string of the molecule is C/C=C(\C)[C@H]1NC(=O)[C@@H](C)NC(=O)[C@H](C(C)CC)NC(=O)CN(C)C(=O)[C@@H](Cc2ccccc2)N(C)C(=O)[C@H](C)NC(=O)[C@@H](CC(C)C)OC(=O)/C(C)=C/C[C@@H](O)[C@@H]1C. The Bertz CT molecular complexity index is 1700. The Hall–Kier alpha value is -5.05. The van der Waals surface area contributed by atoms with Gasteiger partial charge in [-0.3, -0.25) is 28.8 Å². The molecule has 5 N–H and O–H groups in total. The molecular formula is C44H68N6O9. The fraction of sp³-hybridized carbons (Fsp3) is 0.614. The number of ether oxygens (including phenoxy) is 1. The van der Waals surface area contributed by atoms with E-state index in [1.165, 1.54) is 50.7 Å². The van der Waals surface area contributed by atoms with Gasteiger partial charge in [-0.15, -0.1) is 0 Å². The van der Waals surface area contributed by atoms with Gasteiger partial charge in [-0.1, -0.05) is 89.1 Å². The quantitative estimate of drug-likeness (QED) is 0.203. The number of likely N-dealkylation sites (N-methyl/N-ethyl adjacent to an activating group) is 2. The number of carbonyl (C=O) groups is 7. The van der Waals surface area contributed by atoms with Gasteiger partial charge < -0.3 is 40.9 Å². The summed E-state index contributed by atoms with van der Waals surface area (Å²) in [4.78, 5) is 98.2. The average Bonchev–Trinajstić information content (AvgIpc) is 3.20. The summed E-state index contributed by atoms with van der Waals surface area (Å²) >= 11 is 0. The molecule has 0 aliphatic carbocycles. The molecule has 6 amide bonds. The van der Waals surface area contributed by atoms with E-state index in [4.69, 9.17) is 4.74 Å². The third-order valence-electron chi connectivity index (χ3n) is 11.0.